The Balaban J connectivity index is 1.57. The van der Waals surface area contributed by atoms with Gasteiger partial charge in [0.2, 0.25) is 0 Å². The third-order valence-corrected chi connectivity index (χ3v) is 7.15. The molecule has 0 unspecified atom stereocenters. The van der Waals surface area contributed by atoms with Crippen molar-refractivity contribution in [1.29, 1.82) is 0 Å². The van der Waals surface area contributed by atoms with Gasteiger partial charge in [-0.1, -0.05) is 46.9 Å². The summed E-state index contributed by atoms with van der Waals surface area (Å²) in [6.07, 6.45) is 0. The SMILES string of the molecule is O=C(Nc1cc(Cl)c(F)cc1F)c1cc(Cl)ccc1NS(=O)(=O)c1ccc(Oc2ccccc2Cl)cc1. The van der Waals surface area contributed by atoms with Gasteiger partial charge in [-0.3, -0.25) is 9.52 Å². The van der Waals surface area contributed by atoms with Gasteiger partial charge in [0.05, 0.1) is 31.9 Å². The Morgan fingerprint density at radius 2 is 1.49 bits per heavy atom. The van der Waals surface area contributed by atoms with Crippen LogP contribution in [0, 0.1) is 11.6 Å². The van der Waals surface area contributed by atoms with E-state index in [9.17, 15) is 22.0 Å². The van der Waals surface area contributed by atoms with Crippen molar-refractivity contribution in [1.82, 2.24) is 0 Å². The Bertz CT molecular complexity index is 1600. The summed E-state index contributed by atoms with van der Waals surface area (Å²) in [6, 6.07) is 17.5. The zero-order valence-corrected chi connectivity index (χ0v) is 21.5. The summed E-state index contributed by atoms with van der Waals surface area (Å²) in [5.74, 6) is -2.24. The highest BCUT2D eigenvalue weighted by molar-refractivity contribution is 7.92. The lowest BCUT2D eigenvalue weighted by molar-refractivity contribution is 0.102. The fourth-order valence-corrected chi connectivity index (χ4v) is 4.74. The van der Waals surface area contributed by atoms with E-state index in [0.717, 1.165) is 6.07 Å². The van der Waals surface area contributed by atoms with Gasteiger partial charge in [0.1, 0.15) is 23.1 Å². The monoisotopic (exact) mass is 582 g/mol. The molecule has 0 atom stereocenters. The molecule has 4 aromatic carbocycles. The molecule has 37 heavy (non-hydrogen) atoms. The Hall–Kier alpha value is -3.37. The fraction of sp³-hybridized carbons (Fsp3) is 0. The van der Waals surface area contributed by atoms with Crippen LogP contribution in [0.3, 0.4) is 0 Å². The van der Waals surface area contributed by atoms with Crippen LogP contribution >= 0.6 is 34.8 Å². The highest BCUT2D eigenvalue weighted by Gasteiger charge is 2.21. The topological polar surface area (TPSA) is 84.5 Å². The lowest BCUT2D eigenvalue weighted by Crippen LogP contribution is -2.19. The average molecular weight is 584 g/mol. The van der Waals surface area contributed by atoms with Crippen LogP contribution in [-0.4, -0.2) is 14.3 Å². The van der Waals surface area contributed by atoms with Gasteiger partial charge in [-0.25, -0.2) is 17.2 Å². The van der Waals surface area contributed by atoms with E-state index in [0.29, 0.717) is 22.6 Å². The molecular weight excluding hydrogens is 569 g/mol. The minimum absolute atomic E-state index is 0.117. The number of nitrogens with one attached hydrogen (secondary N) is 2. The lowest BCUT2D eigenvalue weighted by atomic mass is 10.1. The third-order valence-electron chi connectivity index (χ3n) is 4.93. The minimum Gasteiger partial charge on any atom is -0.456 e. The molecule has 0 aliphatic heterocycles. The first-order chi connectivity index (χ1) is 17.5. The Morgan fingerprint density at radius 1 is 0.784 bits per heavy atom. The van der Waals surface area contributed by atoms with Crippen LogP contribution in [0.4, 0.5) is 20.2 Å². The number of amides is 1. The highest BCUT2D eigenvalue weighted by Crippen LogP contribution is 2.31. The molecule has 1 amide bonds. The maximum absolute atomic E-state index is 14.1. The Labute approximate surface area is 225 Å². The quantitative estimate of drug-likeness (QED) is 0.218. The number of hydrogen-bond acceptors (Lipinski definition) is 4. The van der Waals surface area contributed by atoms with Gasteiger partial charge in [0, 0.05) is 11.1 Å². The average Bonchev–Trinajstić information content (AvgIpc) is 2.85. The Morgan fingerprint density at radius 3 is 2.19 bits per heavy atom. The molecule has 0 spiro atoms. The molecular formula is C25H15Cl3F2N2O4S. The van der Waals surface area contributed by atoms with Crippen LogP contribution in [0.1, 0.15) is 10.4 Å². The summed E-state index contributed by atoms with van der Waals surface area (Å²) >= 11 is 17.7. The van der Waals surface area contributed by atoms with Crippen molar-refractivity contribution in [2.24, 2.45) is 0 Å². The number of benzene rings is 4. The molecule has 12 heteroatoms. The van der Waals surface area contributed by atoms with Gasteiger partial charge in [-0.05, 0) is 60.7 Å². The van der Waals surface area contributed by atoms with E-state index in [1.54, 1.807) is 24.3 Å². The van der Waals surface area contributed by atoms with Gasteiger partial charge in [0.25, 0.3) is 15.9 Å². The maximum Gasteiger partial charge on any atom is 0.261 e. The second kappa shape index (κ2) is 10.9. The van der Waals surface area contributed by atoms with Crippen LogP contribution in [0.2, 0.25) is 15.1 Å². The number of carbonyl (C=O) groups is 1. The minimum atomic E-state index is -4.17. The maximum atomic E-state index is 14.1. The van der Waals surface area contributed by atoms with Crippen molar-refractivity contribution in [3.63, 3.8) is 0 Å². The normalized spacial score (nSPS) is 11.2. The van der Waals surface area contributed by atoms with Crippen molar-refractivity contribution in [3.05, 3.63) is 111 Å². The molecule has 0 aliphatic rings. The molecule has 190 valence electrons. The van der Waals surface area contributed by atoms with Gasteiger partial charge < -0.3 is 10.1 Å². The van der Waals surface area contributed by atoms with Crippen molar-refractivity contribution in [3.8, 4) is 11.5 Å². The highest BCUT2D eigenvalue weighted by atomic mass is 35.5. The van der Waals surface area contributed by atoms with Gasteiger partial charge in [-0.2, -0.15) is 0 Å². The Kier molecular flexibility index (Phi) is 7.89. The largest absolute Gasteiger partial charge is 0.456 e. The van der Waals surface area contributed by atoms with Gasteiger partial charge in [0.15, 0.2) is 0 Å². The molecule has 0 aromatic heterocycles. The molecule has 0 radical (unpaired) electrons. The molecule has 4 rings (SSSR count). The van der Waals surface area contributed by atoms with Crippen LogP contribution in [-0.2, 0) is 10.0 Å². The van der Waals surface area contributed by atoms with Gasteiger partial charge in [-0.15, -0.1) is 0 Å². The van der Waals surface area contributed by atoms with E-state index >= 15 is 0 Å². The smallest absolute Gasteiger partial charge is 0.261 e. The van der Waals surface area contributed by atoms with E-state index in [2.05, 4.69) is 10.0 Å². The number of sulfonamides is 1. The van der Waals surface area contributed by atoms with Crippen LogP contribution in [0.5, 0.6) is 11.5 Å². The van der Waals surface area contributed by atoms with E-state index < -0.39 is 38.3 Å². The van der Waals surface area contributed by atoms with E-state index in [4.69, 9.17) is 39.5 Å². The number of ether oxygens (including phenoxy) is 1. The molecule has 0 bridgehead atoms. The predicted molar refractivity (Wildman–Crippen MR) is 140 cm³/mol. The van der Waals surface area contributed by atoms with Crippen molar-refractivity contribution in [2.45, 2.75) is 4.90 Å². The standard InChI is InChI=1S/C25H15Cl3F2N2O4S/c26-14-5-10-22(17(11-14)25(33)31-23-12-19(28)20(29)13-21(23)30)32-37(34,35)16-8-6-15(7-9-16)36-24-4-2-1-3-18(24)27/h1-13,32H,(H,31,33). The molecule has 0 saturated carbocycles. The summed E-state index contributed by atoms with van der Waals surface area (Å²) in [5, 5.41) is 2.33. The van der Waals surface area contributed by atoms with Gasteiger partial charge >= 0.3 is 0 Å². The third kappa shape index (κ3) is 6.31. The summed E-state index contributed by atoms with van der Waals surface area (Å²) in [7, 11) is -4.17. The number of para-hydroxylation sites is 1. The number of anilines is 2. The first-order valence-electron chi connectivity index (χ1n) is 10.3. The molecule has 2 N–H and O–H groups in total. The number of carbonyl (C=O) groups excluding carboxylic acids is 1. The predicted octanol–water partition coefficient (Wildman–Crippen LogP) is 7.77. The van der Waals surface area contributed by atoms with Crippen LogP contribution in [0.15, 0.2) is 83.8 Å². The molecule has 0 aliphatic carbocycles. The molecule has 0 saturated heterocycles. The summed E-state index contributed by atoms with van der Waals surface area (Å²) in [4.78, 5) is 12.7. The van der Waals surface area contributed by atoms with E-state index in [1.165, 1.54) is 42.5 Å². The molecule has 0 heterocycles. The van der Waals surface area contributed by atoms with Crippen molar-refractivity contribution < 1.29 is 26.7 Å². The van der Waals surface area contributed by atoms with Crippen LogP contribution < -0.4 is 14.8 Å². The fourth-order valence-electron chi connectivity index (χ4n) is 3.15. The number of halogens is 5. The second-order valence-electron chi connectivity index (χ2n) is 7.50. The summed E-state index contributed by atoms with van der Waals surface area (Å²) in [5.41, 5.74) is -0.749. The molecule has 4 aromatic rings. The number of hydrogen-bond donors (Lipinski definition) is 2. The lowest BCUT2D eigenvalue weighted by Gasteiger charge is -2.14. The number of rotatable bonds is 7. The van der Waals surface area contributed by atoms with Crippen molar-refractivity contribution in [2.75, 3.05) is 10.0 Å². The van der Waals surface area contributed by atoms with Crippen LogP contribution in [0.25, 0.3) is 0 Å². The van der Waals surface area contributed by atoms with E-state index in [-0.39, 0.29) is 21.2 Å². The zero-order chi connectivity index (χ0) is 26.7. The first-order valence-corrected chi connectivity index (χ1v) is 13.0. The molecule has 0 fully saturated rings. The van der Waals surface area contributed by atoms with Crippen molar-refractivity contribution >= 4 is 62.1 Å². The summed E-state index contributed by atoms with van der Waals surface area (Å²) < 4.78 is 61.6. The zero-order valence-electron chi connectivity index (χ0n) is 18.4. The molecule has 6 nitrogen and oxygen atoms in total. The summed E-state index contributed by atoms with van der Waals surface area (Å²) in [6.45, 7) is 0. The van der Waals surface area contributed by atoms with E-state index in [1.807, 2.05) is 0 Å². The first kappa shape index (κ1) is 26.7. The second-order valence-corrected chi connectivity index (χ2v) is 10.4.